The number of para-hydroxylation sites is 1. The fourth-order valence-electron chi connectivity index (χ4n) is 4.16. The van der Waals surface area contributed by atoms with Crippen LogP contribution in [0.3, 0.4) is 0 Å². The predicted octanol–water partition coefficient (Wildman–Crippen LogP) is 5.25. The zero-order chi connectivity index (χ0) is 22.3. The number of nitrogens with one attached hydrogen (secondary N) is 1. The largest absolute Gasteiger partial charge is 0.369 e. The van der Waals surface area contributed by atoms with Crippen LogP contribution < -0.4 is 10.2 Å². The molecule has 0 spiro atoms. The van der Waals surface area contributed by atoms with Gasteiger partial charge in [-0.3, -0.25) is 0 Å². The standard InChI is InChI=1S/C24H24FN3O2S2/c1-17(18-6-11-24-22(16-18)26-21-4-2-3-5-23(21)31-24)32(29,30)28-14-12-27(13-15-28)20-9-7-19(25)8-10-20/h2-11,16-17,26H,12-15H2,1H3. The minimum Gasteiger partial charge on any atom is -0.369 e. The summed E-state index contributed by atoms with van der Waals surface area (Å²) in [5, 5.41) is 2.79. The highest BCUT2D eigenvalue weighted by molar-refractivity contribution is 7.99. The molecule has 1 saturated heterocycles. The highest BCUT2D eigenvalue weighted by atomic mass is 32.2. The molecule has 2 aliphatic rings. The van der Waals surface area contributed by atoms with E-state index in [0.29, 0.717) is 26.2 Å². The first-order chi connectivity index (χ1) is 15.4. The number of hydrogen-bond acceptors (Lipinski definition) is 5. The number of fused-ring (bicyclic) bond motifs is 2. The Morgan fingerprint density at radius 2 is 1.59 bits per heavy atom. The van der Waals surface area contributed by atoms with Crippen molar-refractivity contribution in [3.05, 3.63) is 78.1 Å². The Balaban J connectivity index is 1.30. The van der Waals surface area contributed by atoms with E-state index in [1.165, 1.54) is 12.1 Å². The Hall–Kier alpha value is -2.55. The number of nitrogens with zero attached hydrogens (tertiary/aromatic N) is 2. The third kappa shape index (κ3) is 3.98. The van der Waals surface area contributed by atoms with Gasteiger partial charge in [-0.1, -0.05) is 30.0 Å². The second-order valence-electron chi connectivity index (χ2n) is 8.03. The van der Waals surface area contributed by atoms with Crippen LogP contribution in [0.25, 0.3) is 0 Å². The Morgan fingerprint density at radius 1 is 0.906 bits per heavy atom. The maximum atomic E-state index is 13.4. The topological polar surface area (TPSA) is 52.7 Å². The summed E-state index contributed by atoms with van der Waals surface area (Å²) in [5.41, 5.74) is 3.66. The maximum Gasteiger partial charge on any atom is 0.221 e. The highest BCUT2D eigenvalue weighted by Crippen LogP contribution is 2.45. The first-order valence-electron chi connectivity index (χ1n) is 10.6. The Morgan fingerprint density at radius 3 is 2.34 bits per heavy atom. The summed E-state index contributed by atoms with van der Waals surface area (Å²) in [6.45, 7) is 3.74. The number of halogens is 1. The first-order valence-corrected chi connectivity index (χ1v) is 12.9. The second-order valence-corrected chi connectivity index (χ2v) is 11.4. The molecular weight excluding hydrogens is 445 g/mol. The van der Waals surface area contributed by atoms with Crippen LogP contribution in [-0.2, 0) is 10.0 Å². The fraction of sp³-hybridized carbons (Fsp3) is 0.250. The summed E-state index contributed by atoms with van der Waals surface area (Å²) in [6.07, 6.45) is 0. The SMILES string of the molecule is CC(c1ccc2c(c1)Nc1ccccc1S2)S(=O)(=O)N1CCN(c2ccc(F)cc2)CC1. The van der Waals surface area contributed by atoms with Crippen LogP contribution in [0.5, 0.6) is 0 Å². The molecule has 32 heavy (non-hydrogen) atoms. The molecule has 8 heteroatoms. The number of sulfonamides is 1. The zero-order valence-electron chi connectivity index (χ0n) is 17.7. The van der Waals surface area contributed by atoms with Gasteiger partial charge >= 0.3 is 0 Å². The zero-order valence-corrected chi connectivity index (χ0v) is 19.3. The molecule has 166 valence electrons. The number of rotatable bonds is 4. The molecule has 0 aliphatic carbocycles. The van der Waals surface area contributed by atoms with Gasteiger partial charge in [0, 0.05) is 41.7 Å². The molecule has 2 aliphatic heterocycles. The van der Waals surface area contributed by atoms with Gasteiger partial charge in [-0.25, -0.2) is 12.8 Å². The summed E-state index contributed by atoms with van der Waals surface area (Å²) >= 11 is 1.69. The lowest BCUT2D eigenvalue weighted by Gasteiger charge is -2.36. The van der Waals surface area contributed by atoms with Crippen LogP contribution in [0.2, 0.25) is 0 Å². The monoisotopic (exact) mass is 469 g/mol. The van der Waals surface area contributed by atoms with Gasteiger partial charge in [-0.05, 0) is 61.0 Å². The molecule has 1 unspecified atom stereocenters. The van der Waals surface area contributed by atoms with Gasteiger partial charge in [-0.15, -0.1) is 0 Å². The molecule has 0 saturated carbocycles. The summed E-state index contributed by atoms with van der Waals surface area (Å²) in [4.78, 5) is 4.34. The van der Waals surface area contributed by atoms with Crippen LogP contribution in [0.4, 0.5) is 21.5 Å². The molecule has 1 N–H and O–H groups in total. The Labute approximate surface area is 192 Å². The maximum absolute atomic E-state index is 13.4. The Bertz CT molecular complexity index is 1240. The van der Waals surface area contributed by atoms with Gasteiger partial charge in [0.05, 0.1) is 16.6 Å². The number of anilines is 3. The summed E-state index contributed by atoms with van der Waals surface area (Å²) in [7, 11) is -3.50. The van der Waals surface area contributed by atoms with Crippen LogP contribution in [0.1, 0.15) is 17.7 Å². The average molecular weight is 470 g/mol. The van der Waals surface area contributed by atoms with Gasteiger partial charge in [0.25, 0.3) is 0 Å². The minimum atomic E-state index is -3.50. The van der Waals surface area contributed by atoms with Crippen molar-refractivity contribution in [2.75, 3.05) is 36.4 Å². The summed E-state index contributed by atoms with van der Waals surface area (Å²) in [5.74, 6) is -0.273. The van der Waals surface area contributed by atoms with E-state index in [1.54, 1.807) is 35.1 Å². The normalized spacial score (nSPS) is 17.2. The molecular formula is C24H24FN3O2S2. The number of benzene rings is 3. The van der Waals surface area contributed by atoms with E-state index < -0.39 is 15.3 Å². The lowest BCUT2D eigenvalue weighted by Crippen LogP contribution is -2.49. The van der Waals surface area contributed by atoms with Crippen LogP contribution in [0.15, 0.2) is 76.5 Å². The summed E-state index contributed by atoms with van der Waals surface area (Å²) in [6, 6.07) is 20.3. The van der Waals surface area contributed by atoms with Crippen molar-refractivity contribution in [3.8, 4) is 0 Å². The molecule has 5 nitrogen and oxygen atoms in total. The molecule has 0 bridgehead atoms. The molecule has 1 atom stereocenters. The second kappa shape index (κ2) is 8.42. The molecule has 0 amide bonds. The lowest BCUT2D eigenvalue weighted by atomic mass is 10.1. The van der Waals surface area contributed by atoms with E-state index >= 15 is 0 Å². The van der Waals surface area contributed by atoms with E-state index in [2.05, 4.69) is 16.3 Å². The van der Waals surface area contributed by atoms with Gasteiger partial charge in [-0.2, -0.15) is 4.31 Å². The van der Waals surface area contributed by atoms with Crippen molar-refractivity contribution in [1.29, 1.82) is 0 Å². The van der Waals surface area contributed by atoms with Crippen molar-refractivity contribution in [1.82, 2.24) is 4.31 Å². The third-order valence-corrected chi connectivity index (χ3v) is 9.49. The fourth-order valence-corrected chi connectivity index (χ4v) is 6.74. The highest BCUT2D eigenvalue weighted by Gasteiger charge is 2.33. The molecule has 3 aromatic rings. The third-order valence-electron chi connectivity index (χ3n) is 6.09. The van der Waals surface area contributed by atoms with E-state index in [9.17, 15) is 12.8 Å². The van der Waals surface area contributed by atoms with Crippen molar-refractivity contribution in [2.45, 2.75) is 22.0 Å². The number of piperazine rings is 1. The quantitative estimate of drug-likeness (QED) is 0.443. The smallest absolute Gasteiger partial charge is 0.221 e. The molecule has 5 rings (SSSR count). The van der Waals surface area contributed by atoms with Gasteiger partial charge in [0.1, 0.15) is 5.82 Å². The molecule has 1 fully saturated rings. The molecule has 2 heterocycles. The minimum absolute atomic E-state index is 0.273. The van der Waals surface area contributed by atoms with Gasteiger partial charge < -0.3 is 10.2 Å². The van der Waals surface area contributed by atoms with E-state index in [-0.39, 0.29) is 5.82 Å². The van der Waals surface area contributed by atoms with Gasteiger partial charge in [0.2, 0.25) is 10.0 Å². The predicted molar refractivity (Wildman–Crippen MR) is 128 cm³/mol. The number of hydrogen-bond donors (Lipinski definition) is 1. The van der Waals surface area contributed by atoms with Crippen LogP contribution in [0, 0.1) is 5.82 Å². The summed E-state index contributed by atoms with van der Waals surface area (Å²) < 4.78 is 41.5. The van der Waals surface area contributed by atoms with Crippen molar-refractivity contribution in [3.63, 3.8) is 0 Å². The lowest BCUT2D eigenvalue weighted by molar-refractivity contribution is 0.380. The van der Waals surface area contributed by atoms with Gasteiger partial charge in [0.15, 0.2) is 0 Å². The molecule has 0 aromatic heterocycles. The van der Waals surface area contributed by atoms with Crippen molar-refractivity contribution >= 4 is 38.8 Å². The van der Waals surface area contributed by atoms with Crippen molar-refractivity contribution < 1.29 is 12.8 Å². The van der Waals surface area contributed by atoms with E-state index in [1.807, 2.05) is 36.4 Å². The van der Waals surface area contributed by atoms with Crippen LogP contribution in [-0.4, -0.2) is 38.9 Å². The average Bonchev–Trinajstić information content (AvgIpc) is 2.82. The molecule has 3 aromatic carbocycles. The van der Waals surface area contributed by atoms with E-state index in [4.69, 9.17) is 0 Å². The molecule has 0 radical (unpaired) electrons. The van der Waals surface area contributed by atoms with Crippen LogP contribution >= 0.6 is 11.8 Å². The van der Waals surface area contributed by atoms with Crippen molar-refractivity contribution in [2.24, 2.45) is 0 Å². The first kappa shape index (κ1) is 21.3. The van der Waals surface area contributed by atoms with E-state index in [0.717, 1.165) is 32.4 Å². The Kier molecular flexibility index (Phi) is 5.61.